The number of nitrogens with zero attached hydrogens (tertiary/aromatic N) is 2. The third-order valence-corrected chi connectivity index (χ3v) is 2.07. The quantitative estimate of drug-likeness (QED) is 0.412. The van der Waals surface area contributed by atoms with Gasteiger partial charge in [-0.25, -0.2) is 4.79 Å². The van der Waals surface area contributed by atoms with Gasteiger partial charge < -0.3 is 25.5 Å². The van der Waals surface area contributed by atoms with Crippen LogP contribution in [0.2, 0.25) is 0 Å². The number of nitro groups is 1. The number of carbonyl (C=O) groups is 2. The fourth-order valence-electron chi connectivity index (χ4n) is 1.27. The first-order valence-electron chi connectivity index (χ1n) is 6.14. The number of aromatic amines is 1. The van der Waals surface area contributed by atoms with Crippen LogP contribution in [0.5, 0.6) is 0 Å². The molecule has 0 atom stereocenters. The van der Waals surface area contributed by atoms with E-state index in [2.05, 4.69) is 20.8 Å². The van der Waals surface area contributed by atoms with Crippen molar-refractivity contribution in [3.05, 3.63) is 21.9 Å². The number of ether oxygens (including phenoxy) is 1. The van der Waals surface area contributed by atoms with E-state index in [0.717, 1.165) is 6.07 Å². The number of hydrogen-bond acceptors (Lipinski definition) is 6. The molecule has 10 nitrogen and oxygen atoms in total. The van der Waals surface area contributed by atoms with Crippen molar-refractivity contribution in [1.29, 1.82) is 0 Å². The van der Waals surface area contributed by atoms with E-state index in [-0.39, 0.29) is 24.6 Å². The highest BCUT2D eigenvalue weighted by molar-refractivity contribution is 5.92. The van der Waals surface area contributed by atoms with Gasteiger partial charge in [0.05, 0.1) is 6.07 Å². The number of hydrogen-bond donors (Lipinski definition) is 3. The summed E-state index contributed by atoms with van der Waals surface area (Å²) in [5.41, 5.74) is -0.694. The van der Waals surface area contributed by atoms with Gasteiger partial charge in [0.15, 0.2) is 5.69 Å². The van der Waals surface area contributed by atoms with Crippen molar-refractivity contribution in [3.63, 3.8) is 0 Å². The van der Waals surface area contributed by atoms with Gasteiger partial charge in [-0.2, -0.15) is 0 Å². The zero-order chi connectivity index (χ0) is 16.0. The Morgan fingerprint density at radius 1 is 1.38 bits per heavy atom. The van der Waals surface area contributed by atoms with E-state index in [4.69, 9.17) is 4.74 Å². The molecule has 0 fully saturated rings. The summed E-state index contributed by atoms with van der Waals surface area (Å²) in [5.74, 6) is -0.947. The molecule has 0 spiro atoms. The summed E-state index contributed by atoms with van der Waals surface area (Å²) in [6.45, 7) is 5.50. The first-order chi connectivity index (χ1) is 9.69. The molecule has 0 aliphatic carbocycles. The zero-order valence-corrected chi connectivity index (χ0v) is 11.9. The molecule has 1 rings (SSSR count). The zero-order valence-electron chi connectivity index (χ0n) is 11.9. The van der Waals surface area contributed by atoms with E-state index in [9.17, 15) is 19.7 Å². The first-order valence-corrected chi connectivity index (χ1v) is 6.14. The lowest BCUT2D eigenvalue weighted by molar-refractivity contribution is -0.389. The lowest BCUT2D eigenvalue weighted by Crippen LogP contribution is -2.37. The van der Waals surface area contributed by atoms with Crippen molar-refractivity contribution in [2.75, 3.05) is 13.1 Å². The SMILES string of the molecule is CC(C)(C)OC(=O)NCCNC(=O)c1cc([N+](=O)[O-])[nH]n1. The fourth-order valence-corrected chi connectivity index (χ4v) is 1.27. The van der Waals surface area contributed by atoms with Gasteiger partial charge >= 0.3 is 11.9 Å². The molecule has 0 aliphatic heterocycles. The summed E-state index contributed by atoms with van der Waals surface area (Å²) in [5, 5.41) is 21.0. The molecule has 0 unspecified atom stereocenters. The van der Waals surface area contributed by atoms with Crippen LogP contribution in [0.15, 0.2) is 6.07 Å². The average Bonchev–Trinajstić information content (AvgIpc) is 2.81. The Morgan fingerprint density at radius 3 is 2.52 bits per heavy atom. The summed E-state index contributed by atoms with van der Waals surface area (Å²) in [6, 6.07) is 1.02. The highest BCUT2D eigenvalue weighted by Crippen LogP contribution is 2.07. The smallest absolute Gasteiger partial charge is 0.407 e. The van der Waals surface area contributed by atoms with Gasteiger partial charge in [0.2, 0.25) is 0 Å². The normalized spacial score (nSPS) is 10.8. The second-order valence-corrected chi connectivity index (χ2v) is 5.08. The second kappa shape index (κ2) is 6.68. The third kappa shape index (κ3) is 5.89. The van der Waals surface area contributed by atoms with Gasteiger partial charge in [-0.3, -0.25) is 4.79 Å². The second-order valence-electron chi connectivity index (χ2n) is 5.08. The number of aromatic nitrogens is 2. The molecule has 3 N–H and O–H groups in total. The summed E-state index contributed by atoms with van der Waals surface area (Å²) in [7, 11) is 0. The van der Waals surface area contributed by atoms with Crippen molar-refractivity contribution in [2.45, 2.75) is 26.4 Å². The number of alkyl carbamates (subject to hydrolysis) is 1. The predicted octanol–water partition coefficient (Wildman–Crippen LogP) is 0.572. The Kier molecular flexibility index (Phi) is 5.22. The molecule has 1 aromatic rings. The van der Waals surface area contributed by atoms with Gasteiger partial charge in [0.25, 0.3) is 5.91 Å². The van der Waals surface area contributed by atoms with Gasteiger partial charge in [-0.1, -0.05) is 5.10 Å². The largest absolute Gasteiger partial charge is 0.444 e. The van der Waals surface area contributed by atoms with Crippen LogP contribution >= 0.6 is 0 Å². The molecule has 0 radical (unpaired) electrons. The predicted molar refractivity (Wildman–Crippen MR) is 71.8 cm³/mol. The summed E-state index contributed by atoms with van der Waals surface area (Å²) < 4.78 is 5.00. The van der Waals surface area contributed by atoms with Gasteiger partial charge in [0, 0.05) is 13.1 Å². The van der Waals surface area contributed by atoms with Crippen molar-refractivity contribution >= 4 is 17.8 Å². The minimum Gasteiger partial charge on any atom is -0.444 e. The lowest BCUT2D eigenvalue weighted by atomic mass is 10.2. The van der Waals surface area contributed by atoms with Gasteiger partial charge in [-0.15, -0.1) is 5.10 Å². The van der Waals surface area contributed by atoms with E-state index in [1.807, 2.05) is 0 Å². The van der Waals surface area contributed by atoms with Crippen LogP contribution in [0.4, 0.5) is 10.6 Å². The molecule has 0 aliphatic rings. The molecule has 0 saturated carbocycles. The van der Waals surface area contributed by atoms with E-state index < -0.39 is 22.5 Å². The Hall–Kier alpha value is -2.65. The Bertz CT molecular complexity index is 533. The summed E-state index contributed by atoms with van der Waals surface area (Å²) in [6.07, 6.45) is -0.591. The van der Waals surface area contributed by atoms with Crippen LogP contribution < -0.4 is 10.6 Å². The minimum absolute atomic E-state index is 0.0982. The molecule has 10 heteroatoms. The van der Waals surface area contributed by atoms with E-state index in [1.54, 1.807) is 20.8 Å². The molecule has 1 heterocycles. The molecular weight excluding hydrogens is 282 g/mol. The summed E-state index contributed by atoms with van der Waals surface area (Å²) in [4.78, 5) is 32.6. The van der Waals surface area contributed by atoms with Crippen LogP contribution in [0.3, 0.4) is 0 Å². The number of H-pyrrole nitrogens is 1. The maximum atomic E-state index is 11.6. The van der Waals surface area contributed by atoms with E-state index >= 15 is 0 Å². The van der Waals surface area contributed by atoms with Crippen LogP contribution in [-0.2, 0) is 4.74 Å². The Morgan fingerprint density at radius 2 is 2.00 bits per heavy atom. The molecule has 0 bridgehead atoms. The highest BCUT2D eigenvalue weighted by atomic mass is 16.6. The monoisotopic (exact) mass is 299 g/mol. The number of amides is 2. The number of carbonyl (C=O) groups excluding carboxylic acids is 2. The van der Waals surface area contributed by atoms with Gasteiger partial charge in [0.1, 0.15) is 5.60 Å². The Labute approximate surface area is 120 Å². The molecule has 2 amide bonds. The topological polar surface area (TPSA) is 139 Å². The molecule has 116 valence electrons. The minimum atomic E-state index is -0.687. The van der Waals surface area contributed by atoms with Crippen LogP contribution in [-0.4, -0.2) is 45.8 Å². The maximum Gasteiger partial charge on any atom is 0.407 e. The first kappa shape index (κ1) is 16.4. The Balaban J connectivity index is 2.30. The third-order valence-electron chi connectivity index (χ3n) is 2.07. The lowest BCUT2D eigenvalue weighted by Gasteiger charge is -2.19. The van der Waals surface area contributed by atoms with Crippen LogP contribution in [0, 0.1) is 10.1 Å². The van der Waals surface area contributed by atoms with Crippen molar-refractivity contribution in [3.8, 4) is 0 Å². The standard InChI is InChI=1S/C11H17N5O5/c1-11(2,3)21-10(18)13-5-4-12-9(17)7-6-8(15-14-7)16(19)20/h6H,4-5H2,1-3H3,(H,12,17)(H,13,18)(H,14,15). The molecule has 1 aromatic heterocycles. The summed E-state index contributed by atoms with van der Waals surface area (Å²) >= 11 is 0. The van der Waals surface area contributed by atoms with Crippen molar-refractivity contribution in [2.24, 2.45) is 0 Å². The molecule has 21 heavy (non-hydrogen) atoms. The maximum absolute atomic E-state index is 11.6. The number of rotatable bonds is 5. The number of nitrogens with one attached hydrogen (secondary N) is 3. The van der Waals surface area contributed by atoms with Crippen molar-refractivity contribution < 1.29 is 19.2 Å². The van der Waals surface area contributed by atoms with Gasteiger partial charge in [-0.05, 0) is 25.7 Å². The molecular formula is C11H17N5O5. The van der Waals surface area contributed by atoms with E-state index in [0.29, 0.717) is 0 Å². The fraction of sp³-hybridized carbons (Fsp3) is 0.545. The van der Waals surface area contributed by atoms with Crippen LogP contribution in [0.25, 0.3) is 0 Å². The highest BCUT2D eigenvalue weighted by Gasteiger charge is 2.17. The average molecular weight is 299 g/mol. The van der Waals surface area contributed by atoms with Crippen LogP contribution in [0.1, 0.15) is 31.3 Å². The molecule has 0 saturated heterocycles. The van der Waals surface area contributed by atoms with Crippen molar-refractivity contribution in [1.82, 2.24) is 20.8 Å². The van der Waals surface area contributed by atoms with E-state index in [1.165, 1.54) is 0 Å². The molecule has 0 aromatic carbocycles.